The number of Topliss-reactive ketones (excluding diaryl/α,β-unsaturated/α-hetero) is 1. The van der Waals surface area contributed by atoms with Gasteiger partial charge in [-0.15, -0.1) is 0 Å². The first-order valence-electron chi connectivity index (χ1n) is 6.60. The summed E-state index contributed by atoms with van der Waals surface area (Å²) in [5.41, 5.74) is 0.350. The summed E-state index contributed by atoms with van der Waals surface area (Å²) >= 11 is 0. The molecule has 120 valence electrons. The van der Waals surface area contributed by atoms with Crippen LogP contribution in [-0.2, 0) is 10.0 Å². The van der Waals surface area contributed by atoms with Gasteiger partial charge in [0.2, 0.25) is 0 Å². The van der Waals surface area contributed by atoms with Gasteiger partial charge in [0.15, 0.2) is 5.78 Å². The standard InChI is InChI=1S/C15H14N2O5S/c1-10-14(17(19)20)7-4-8-15(10)23(21,22)16-13-6-3-5-12(9-13)11(2)18/h3-9,16H,1-2H3. The normalized spacial score (nSPS) is 11.0. The fourth-order valence-electron chi connectivity index (χ4n) is 2.10. The maximum absolute atomic E-state index is 12.5. The van der Waals surface area contributed by atoms with Crippen molar-refractivity contribution in [2.75, 3.05) is 4.72 Å². The van der Waals surface area contributed by atoms with Gasteiger partial charge >= 0.3 is 0 Å². The Hall–Kier alpha value is -2.74. The van der Waals surface area contributed by atoms with Crippen molar-refractivity contribution in [1.29, 1.82) is 0 Å². The van der Waals surface area contributed by atoms with Crippen LogP contribution in [0.5, 0.6) is 0 Å². The van der Waals surface area contributed by atoms with Crippen LogP contribution in [0.3, 0.4) is 0 Å². The molecule has 0 atom stereocenters. The summed E-state index contributed by atoms with van der Waals surface area (Å²) in [5, 5.41) is 10.9. The highest BCUT2D eigenvalue weighted by atomic mass is 32.2. The van der Waals surface area contributed by atoms with Crippen LogP contribution in [0.4, 0.5) is 11.4 Å². The minimum Gasteiger partial charge on any atom is -0.295 e. The van der Waals surface area contributed by atoms with Crippen LogP contribution in [0.25, 0.3) is 0 Å². The third kappa shape index (κ3) is 3.54. The summed E-state index contributed by atoms with van der Waals surface area (Å²) in [7, 11) is -4.01. The smallest absolute Gasteiger partial charge is 0.273 e. The largest absolute Gasteiger partial charge is 0.295 e. The number of nitro groups is 1. The van der Waals surface area contributed by atoms with E-state index in [9.17, 15) is 23.3 Å². The predicted molar refractivity (Wildman–Crippen MR) is 85.1 cm³/mol. The highest BCUT2D eigenvalue weighted by Crippen LogP contribution is 2.26. The lowest BCUT2D eigenvalue weighted by molar-refractivity contribution is -0.385. The molecule has 8 heteroatoms. The molecule has 0 aliphatic carbocycles. The van der Waals surface area contributed by atoms with E-state index >= 15 is 0 Å². The van der Waals surface area contributed by atoms with Gasteiger partial charge in [0.05, 0.1) is 9.82 Å². The number of ketones is 1. The van der Waals surface area contributed by atoms with E-state index in [4.69, 9.17) is 0 Å². The summed E-state index contributed by atoms with van der Waals surface area (Å²) in [5.74, 6) is -0.197. The molecule has 2 aromatic carbocycles. The van der Waals surface area contributed by atoms with Crippen LogP contribution >= 0.6 is 0 Å². The molecule has 1 N–H and O–H groups in total. The van der Waals surface area contributed by atoms with Gasteiger partial charge < -0.3 is 0 Å². The summed E-state index contributed by atoms with van der Waals surface area (Å²) in [6.45, 7) is 2.75. The van der Waals surface area contributed by atoms with Gasteiger partial charge in [0, 0.05) is 22.9 Å². The quantitative estimate of drug-likeness (QED) is 0.514. The number of sulfonamides is 1. The molecule has 0 heterocycles. The fraction of sp³-hybridized carbons (Fsp3) is 0.133. The average molecular weight is 334 g/mol. The molecule has 23 heavy (non-hydrogen) atoms. The van der Waals surface area contributed by atoms with Crippen molar-refractivity contribution in [2.24, 2.45) is 0 Å². The van der Waals surface area contributed by atoms with Crippen molar-refractivity contribution in [3.8, 4) is 0 Å². The number of hydrogen-bond donors (Lipinski definition) is 1. The second-order valence-corrected chi connectivity index (χ2v) is 6.55. The third-order valence-corrected chi connectivity index (χ3v) is 4.79. The number of nitrogens with one attached hydrogen (secondary N) is 1. The second-order valence-electron chi connectivity index (χ2n) is 4.90. The van der Waals surface area contributed by atoms with Gasteiger partial charge in [-0.25, -0.2) is 8.42 Å². The van der Waals surface area contributed by atoms with Gasteiger partial charge in [-0.3, -0.25) is 19.6 Å². The molecule has 2 aromatic rings. The summed E-state index contributed by atoms with van der Waals surface area (Å²) in [6, 6.07) is 9.87. The van der Waals surface area contributed by atoms with E-state index in [1.165, 1.54) is 44.2 Å². The van der Waals surface area contributed by atoms with Gasteiger partial charge in [-0.1, -0.05) is 18.2 Å². The highest BCUT2D eigenvalue weighted by molar-refractivity contribution is 7.92. The molecule has 0 saturated carbocycles. The first-order chi connectivity index (χ1) is 10.7. The second kappa shape index (κ2) is 6.17. The molecule has 0 unspecified atom stereocenters. The van der Waals surface area contributed by atoms with Crippen LogP contribution < -0.4 is 4.72 Å². The van der Waals surface area contributed by atoms with Gasteiger partial charge in [0.25, 0.3) is 15.7 Å². The molecular weight excluding hydrogens is 320 g/mol. The minimum atomic E-state index is -4.01. The van der Waals surface area contributed by atoms with Crippen LogP contribution in [-0.4, -0.2) is 19.1 Å². The van der Waals surface area contributed by atoms with E-state index in [2.05, 4.69) is 4.72 Å². The Labute approximate surface area is 133 Å². The lowest BCUT2D eigenvalue weighted by atomic mass is 10.1. The molecule has 0 aliphatic heterocycles. The predicted octanol–water partition coefficient (Wildman–Crippen LogP) is 2.91. The van der Waals surface area contributed by atoms with E-state index < -0.39 is 14.9 Å². The third-order valence-electron chi connectivity index (χ3n) is 3.26. The zero-order chi connectivity index (χ0) is 17.2. The van der Waals surface area contributed by atoms with E-state index in [0.717, 1.165) is 0 Å². The Bertz CT molecular complexity index is 890. The number of anilines is 1. The molecule has 0 bridgehead atoms. The van der Waals surface area contributed by atoms with E-state index in [1.54, 1.807) is 12.1 Å². The van der Waals surface area contributed by atoms with Crippen molar-refractivity contribution >= 4 is 27.2 Å². The Morgan fingerprint density at radius 2 is 1.83 bits per heavy atom. The van der Waals surface area contributed by atoms with Crippen molar-refractivity contribution < 1.29 is 18.1 Å². The minimum absolute atomic E-state index is 0.0488. The highest BCUT2D eigenvalue weighted by Gasteiger charge is 2.23. The van der Waals surface area contributed by atoms with Crippen molar-refractivity contribution in [1.82, 2.24) is 0 Å². The number of hydrogen-bond acceptors (Lipinski definition) is 5. The number of nitro benzene ring substituents is 1. The molecule has 0 amide bonds. The summed E-state index contributed by atoms with van der Waals surface area (Å²) < 4.78 is 27.3. The lowest BCUT2D eigenvalue weighted by Gasteiger charge is -2.11. The Kier molecular flexibility index (Phi) is 4.46. The van der Waals surface area contributed by atoms with Crippen LogP contribution in [0, 0.1) is 17.0 Å². The zero-order valence-electron chi connectivity index (χ0n) is 12.4. The first kappa shape index (κ1) is 16.6. The monoisotopic (exact) mass is 334 g/mol. The first-order valence-corrected chi connectivity index (χ1v) is 8.08. The topological polar surface area (TPSA) is 106 Å². The molecule has 2 rings (SSSR count). The van der Waals surface area contributed by atoms with Crippen LogP contribution in [0.15, 0.2) is 47.4 Å². The molecule has 0 aliphatic rings. The SMILES string of the molecule is CC(=O)c1cccc(NS(=O)(=O)c2cccc([N+](=O)[O-])c2C)c1. The van der Waals surface area contributed by atoms with E-state index in [-0.39, 0.29) is 27.6 Å². The van der Waals surface area contributed by atoms with Crippen LogP contribution in [0.1, 0.15) is 22.8 Å². The maximum atomic E-state index is 12.5. The summed E-state index contributed by atoms with van der Waals surface area (Å²) in [6.07, 6.45) is 0. The van der Waals surface area contributed by atoms with Gasteiger partial charge in [0.1, 0.15) is 0 Å². The van der Waals surface area contributed by atoms with Crippen molar-refractivity contribution in [3.63, 3.8) is 0 Å². The van der Waals surface area contributed by atoms with Gasteiger partial charge in [-0.05, 0) is 32.0 Å². The van der Waals surface area contributed by atoms with E-state index in [1.807, 2.05) is 0 Å². The van der Waals surface area contributed by atoms with Crippen molar-refractivity contribution in [2.45, 2.75) is 18.7 Å². The molecule has 0 aromatic heterocycles. The molecular formula is C15H14N2O5S. The summed E-state index contributed by atoms with van der Waals surface area (Å²) in [4.78, 5) is 21.5. The molecule has 0 fully saturated rings. The van der Waals surface area contributed by atoms with E-state index in [0.29, 0.717) is 5.56 Å². The maximum Gasteiger partial charge on any atom is 0.273 e. The number of rotatable bonds is 5. The fourth-order valence-corrected chi connectivity index (χ4v) is 3.42. The lowest BCUT2D eigenvalue weighted by Crippen LogP contribution is -2.15. The van der Waals surface area contributed by atoms with Crippen LogP contribution in [0.2, 0.25) is 0 Å². The molecule has 0 radical (unpaired) electrons. The number of nitrogens with zero attached hydrogens (tertiary/aromatic N) is 1. The Morgan fingerprint density at radius 1 is 1.17 bits per heavy atom. The molecule has 0 spiro atoms. The number of benzene rings is 2. The Balaban J connectivity index is 2.44. The molecule has 7 nitrogen and oxygen atoms in total. The van der Waals surface area contributed by atoms with Gasteiger partial charge in [-0.2, -0.15) is 0 Å². The van der Waals surface area contributed by atoms with Crippen molar-refractivity contribution in [3.05, 3.63) is 63.7 Å². The number of carbonyl (C=O) groups excluding carboxylic acids is 1. The average Bonchev–Trinajstić information content (AvgIpc) is 2.46. The zero-order valence-corrected chi connectivity index (χ0v) is 13.3. The Morgan fingerprint density at radius 3 is 2.43 bits per heavy atom. The number of carbonyl (C=O) groups is 1. The molecule has 0 saturated heterocycles.